The molecule has 0 aliphatic carbocycles. The summed E-state index contributed by atoms with van der Waals surface area (Å²) in [5.74, 6) is -0.910. The van der Waals surface area contributed by atoms with E-state index in [1.165, 1.54) is 16.2 Å². The highest BCUT2D eigenvalue weighted by molar-refractivity contribution is 7.15. The second-order valence-electron chi connectivity index (χ2n) is 7.16. The fourth-order valence-corrected chi connectivity index (χ4v) is 4.46. The molecule has 1 aromatic carbocycles. The highest BCUT2D eigenvalue weighted by Gasteiger charge is 2.40. The summed E-state index contributed by atoms with van der Waals surface area (Å²) >= 11 is 1.29. The molecule has 0 N–H and O–H groups in total. The molecular weight excluding hydrogens is 406 g/mol. The third-order valence-electron chi connectivity index (χ3n) is 5.19. The van der Waals surface area contributed by atoms with Crippen LogP contribution in [0.3, 0.4) is 0 Å². The van der Waals surface area contributed by atoms with Gasteiger partial charge >= 0.3 is 0 Å². The van der Waals surface area contributed by atoms with Crippen molar-refractivity contribution in [3.63, 3.8) is 0 Å². The van der Waals surface area contributed by atoms with E-state index in [1.807, 2.05) is 37.3 Å². The van der Waals surface area contributed by atoms with Gasteiger partial charge in [-0.2, -0.15) is 0 Å². The molecule has 0 spiro atoms. The van der Waals surface area contributed by atoms with E-state index in [9.17, 15) is 14.4 Å². The van der Waals surface area contributed by atoms with Crippen molar-refractivity contribution < 1.29 is 19.1 Å². The minimum absolute atomic E-state index is 0.0235. The van der Waals surface area contributed by atoms with Gasteiger partial charge in [-0.3, -0.25) is 19.3 Å². The summed E-state index contributed by atoms with van der Waals surface area (Å²) in [6.45, 7) is 3.99. The molecule has 2 saturated heterocycles. The Morgan fingerprint density at radius 3 is 2.67 bits per heavy atom. The molecular formula is C20H23N5O4S. The van der Waals surface area contributed by atoms with E-state index >= 15 is 0 Å². The van der Waals surface area contributed by atoms with Crippen LogP contribution in [-0.2, 0) is 25.7 Å². The molecule has 2 aliphatic rings. The number of piperazine rings is 1. The van der Waals surface area contributed by atoms with E-state index in [0.29, 0.717) is 36.4 Å². The lowest BCUT2D eigenvalue weighted by molar-refractivity contribution is -0.140. The van der Waals surface area contributed by atoms with Gasteiger partial charge in [-0.15, -0.1) is 10.2 Å². The van der Waals surface area contributed by atoms with Crippen LogP contribution in [0.25, 0.3) is 0 Å². The number of para-hydroxylation sites is 1. The summed E-state index contributed by atoms with van der Waals surface area (Å²) in [6.07, 6.45) is 0.117. The van der Waals surface area contributed by atoms with Gasteiger partial charge in [0.15, 0.2) is 0 Å². The van der Waals surface area contributed by atoms with Gasteiger partial charge in [0.2, 0.25) is 22.9 Å². The van der Waals surface area contributed by atoms with Crippen molar-refractivity contribution in [2.24, 2.45) is 5.92 Å². The number of nitrogens with zero attached hydrogens (tertiary/aromatic N) is 5. The largest absolute Gasteiger partial charge is 0.374 e. The number of rotatable bonds is 6. The summed E-state index contributed by atoms with van der Waals surface area (Å²) in [4.78, 5) is 42.8. The van der Waals surface area contributed by atoms with Gasteiger partial charge in [-0.1, -0.05) is 29.5 Å². The van der Waals surface area contributed by atoms with Gasteiger partial charge < -0.3 is 14.5 Å². The second-order valence-corrected chi connectivity index (χ2v) is 8.20. The van der Waals surface area contributed by atoms with E-state index in [0.717, 1.165) is 5.69 Å². The van der Waals surface area contributed by atoms with Crippen LogP contribution < -0.4 is 9.80 Å². The Balaban J connectivity index is 1.37. The van der Waals surface area contributed by atoms with E-state index in [-0.39, 0.29) is 37.2 Å². The van der Waals surface area contributed by atoms with E-state index in [4.69, 9.17) is 4.74 Å². The molecule has 10 heteroatoms. The van der Waals surface area contributed by atoms with Gasteiger partial charge in [-0.25, -0.2) is 0 Å². The Morgan fingerprint density at radius 1 is 1.13 bits per heavy atom. The van der Waals surface area contributed by atoms with Gasteiger partial charge in [0.25, 0.3) is 0 Å². The third-order valence-corrected chi connectivity index (χ3v) is 6.11. The average molecular weight is 430 g/mol. The SMILES string of the molecule is CCOCc1nnc(N2CC(C(=O)N3CCN(c4ccccc4)C(=O)C3)CC2=O)s1. The van der Waals surface area contributed by atoms with Crippen molar-refractivity contribution >= 4 is 39.9 Å². The topological polar surface area (TPSA) is 95.9 Å². The number of hydrogen-bond acceptors (Lipinski definition) is 7. The lowest BCUT2D eigenvalue weighted by Crippen LogP contribution is -2.54. The van der Waals surface area contributed by atoms with Gasteiger partial charge in [0.05, 0.1) is 5.92 Å². The number of amides is 3. The molecule has 2 fully saturated rings. The highest BCUT2D eigenvalue weighted by Crippen LogP contribution is 2.29. The van der Waals surface area contributed by atoms with E-state index in [1.54, 1.807) is 9.80 Å². The smallest absolute Gasteiger partial charge is 0.246 e. The van der Waals surface area contributed by atoms with Crippen LogP contribution in [-0.4, -0.2) is 65.6 Å². The van der Waals surface area contributed by atoms with Gasteiger partial charge in [0.1, 0.15) is 18.2 Å². The third kappa shape index (κ3) is 4.19. The summed E-state index contributed by atoms with van der Waals surface area (Å²) in [5.41, 5.74) is 0.830. The Kier molecular flexibility index (Phi) is 6.05. The van der Waals surface area contributed by atoms with Crippen LogP contribution >= 0.6 is 11.3 Å². The van der Waals surface area contributed by atoms with Gasteiger partial charge in [-0.05, 0) is 19.1 Å². The predicted molar refractivity (Wildman–Crippen MR) is 111 cm³/mol. The fourth-order valence-electron chi connectivity index (χ4n) is 3.66. The van der Waals surface area contributed by atoms with Crippen LogP contribution in [0.2, 0.25) is 0 Å². The maximum Gasteiger partial charge on any atom is 0.246 e. The van der Waals surface area contributed by atoms with E-state index in [2.05, 4.69) is 10.2 Å². The molecule has 9 nitrogen and oxygen atoms in total. The number of anilines is 2. The van der Waals surface area contributed by atoms with Crippen molar-refractivity contribution in [3.05, 3.63) is 35.3 Å². The quantitative estimate of drug-likeness (QED) is 0.687. The predicted octanol–water partition coefficient (Wildman–Crippen LogP) is 1.30. The fraction of sp³-hybridized carbons (Fsp3) is 0.450. The summed E-state index contributed by atoms with van der Waals surface area (Å²) in [6, 6.07) is 9.42. The number of ether oxygens (including phenoxy) is 1. The first-order valence-corrected chi connectivity index (χ1v) is 10.7. The molecule has 1 aromatic heterocycles. The molecule has 2 aliphatic heterocycles. The first-order valence-electron chi connectivity index (χ1n) is 9.91. The number of hydrogen-bond donors (Lipinski definition) is 0. The van der Waals surface area contributed by atoms with Crippen molar-refractivity contribution in [3.8, 4) is 0 Å². The van der Waals surface area contributed by atoms with Crippen LogP contribution in [0, 0.1) is 5.92 Å². The minimum atomic E-state index is -0.479. The molecule has 0 radical (unpaired) electrons. The number of carbonyl (C=O) groups excluding carboxylic acids is 3. The van der Waals surface area contributed by atoms with Crippen molar-refractivity contribution in [2.75, 3.05) is 42.6 Å². The maximum atomic E-state index is 13.0. The van der Waals surface area contributed by atoms with Crippen molar-refractivity contribution in [1.29, 1.82) is 0 Å². The molecule has 4 rings (SSSR count). The average Bonchev–Trinajstić information content (AvgIpc) is 3.38. The lowest BCUT2D eigenvalue weighted by Gasteiger charge is -2.35. The normalized spacial score (nSPS) is 19.6. The highest BCUT2D eigenvalue weighted by atomic mass is 32.1. The van der Waals surface area contributed by atoms with Crippen LogP contribution in [0.1, 0.15) is 18.4 Å². The number of benzene rings is 1. The Morgan fingerprint density at radius 2 is 1.93 bits per heavy atom. The Bertz CT molecular complexity index is 934. The summed E-state index contributed by atoms with van der Waals surface area (Å²) < 4.78 is 5.32. The molecule has 0 saturated carbocycles. The van der Waals surface area contributed by atoms with Crippen LogP contribution in [0.5, 0.6) is 0 Å². The van der Waals surface area contributed by atoms with Gasteiger partial charge in [0, 0.05) is 38.3 Å². The van der Waals surface area contributed by atoms with Crippen molar-refractivity contribution in [2.45, 2.75) is 20.0 Å². The molecule has 2 aromatic rings. The number of aromatic nitrogens is 2. The summed E-state index contributed by atoms with van der Waals surface area (Å²) in [7, 11) is 0. The molecule has 3 amide bonds. The molecule has 30 heavy (non-hydrogen) atoms. The molecule has 1 atom stereocenters. The second kappa shape index (κ2) is 8.88. The standard InChI is InChI=1S/C20H23N5O4S/c1-2-29-13-16-21-22-20(30-16)25-11-14(10-17(25)26)19(28)23-8-9-24(18(27)12-23)15-6-4-3-5-7-15/h3-7,14H,2,8-13H2,1H3. The first kappa shape index (κ1) is 20.4. The molecule has 0 bridgehead atoms. The zero-order valence-corrected chi connectivity index (χ0v) is 17.5. The first-order chi connectivity index (χ1) is 14.6. The number of carbonyl (C=O) groups is 3. The summed E-state index contributed by atoms with van der Waals surface area (Å²) in [5, 5.41) is 9.29. The monoisotopic (exact) mass is 429 g/mol. The maximum absolute atomic E-state index is 13.0. The van der Waals surface area contributed by atoms with Crippen molar-refractivity contribution in [1.82, 2.24) is 15.1 Å². The lowest BCUT2D eigenvalue weighted by atomic mass is 10.1. The Hall–Kier alpha value is -2.85. The Labute approximate surface area is 178 Å². The zero-order chi connectivity index (χ0) is 21.1. The molecule has 1 unspecified atom stereocenters. The van der Waals surface area contributed by atoms with Crippen LogP contribution in [0.4, 0.5) is 10.8 Å². The zero-order valence-electron chi connectivity index (χ0n) is 16.7. The molecule has 3 heterocycles. The minimum Gasteiger partial charge on any atom is -0.374 e. The molecule has 158 valence electrons. The van der Waals surface area contributed by atoms with Crippen LogP contribution in [0.15, 0.2) is 30.3 Å². The van der Waals surface area contributed by atoms with E-state index < -0.39 is 5.92 Å².